The Hall–Kier alpha value is -3.35. The van der Waals surface area contributed by atoms with Gasteiger partial charge in [-0.15, -0.1) is 0 Å². The zero-order valence-electron chi connectivity index (χ0n) is 16.9. The number of amides is 2. The molecule has 29 heavy (non-hydrogen) atoms. The highest BCUT2D eigenvalue weighted by molar-refractivity contribution is 5.94. The molecule has 0 aliphatic carbocycles. The lowest BCUT2D eigenvalue weighted by Crippen LogP contribution is -2.34. The summed E-state index contributed by atoms with van der Waals surface area (Å²) in [5.41, 5.74) is 2.03. The Bertz CT molecular complexity index is 849. The van der Waals surface area contributed by atoms with Gasteiger partial charge >= 0.3 is 5.97 Å². The van der Waals surface area contributed by atoms with Crippen LogP contribution in [0, 0.1) is 0 Å². The van der Waals surface area contributed by atoms with Crippen molar-refractivity contribution in [3.05, 3.63) is 59.7 Å². The first-order valence-electron chi connectivity index (χ1n) is 9.31. The highest BCUT2D eigenvalue weighted by Gasteiger charge is 2.14. The SMILES string of the molecule is COC(=O)c1ccc(N(CCC(=O)NCCc2ccccc2OC)C(C)=O)cc1. The molecule has 154 valence electrons. The second kappa shape index (κ2) is 10.8. The molecule has 1 N–H and O–H groups in total. The number of benzene rings is 2. The summed E-state index contributed by atoms with van der Waals surface area (Å²) in [7, 11) is 2.93. The molecule has 0 aliphatic heterocycles. The molecule has 2 amide bonds. The smallest absolute Gasteiger partial charge is 0.337 e. The highest BCUT2D eigenvalue weighted by Crippen LogP contribution is 2.18. The number of hydrogen-bond donors (Lipinski definition) is 1. The number of anilines is 1. The van der Waals surface area contributed by atoms with E-state index in [0.717, 1.165) is 11.3 Å². The van der Waals surface area contributed by atoms with Gasteiger partial charge in [0.25, 0.3) is 0 Å². The van der Waals surface area contributed by atoms with Crippen molar-refractivity contribution in [3.63, 3.8) is 0 Å². The number of carbonyl (C=O) groups is 3. The van der Waals surface area contributed by atoms with Gasteiger partial charge in [0.15, 0.2) is 0 Å². The molecule has 2 aromatic rings. The average molecular weight is 398 g/mol. The van der Waals surface area contributed by atoms with E-state index in [2.05, 4.69) is 10.1 Å². The predicted octanol–water partition coefficient (Wildman–Crippen LogP) is 2.58. The highest BCUT2D eigenvalue weighted by atomic mass is 16.5. The summed E-state index contributed by atoms with van der Waals surface area (Å²) in [6.07, 6.45) is 0.825. The van der Waals surface area contributed by atoms with Crippen molar-refractivity contribution >= 4 is 23.5 Å². The Morgan fingerprint density at radius 3 is 2.31 bits per heavy atom. The van der Waals surface area contributed by atoms with Crippen LogP contribution in [-0.4, -0.2) is 45.1 Å². The van der Waals surface area contributed by atoms with Crippen LogP contribution >= 0.6 is 0 Å². The maximum absolute atomic E-state index is 12.2. The molecule has 0 heterocycles. The van der Waals surface area contributed by atoms with Crippen LogP contribution in [0.5, 0.6) is 5.75 Å². The van der Waals surface area contributed by atoms with E-state index in [0.29, 0.717) is 24.2 Å². The molecule has 7 heteroatoms. The monoisotopic (exact) mass is 398 g/mol. The van der Waals surface area contributed by atoms with E-state index in [1.807, 2.05) is 24.3 Å². The van der Waals surface area contributed by atoms with Crippen LogP contribution in [0.3, 0.4) is 0 Å². The average Bonchev–Trinajstić information content (AvgIpc) is 2.74. The van der Waals surface area contributed by atoms with Gasteiger partial charge in [0, 0.05) is 32.1 Å². The predicted molar refractivity (Wildman–Crippen MR) is 110 cm³/mol. The topological polar surface area (TPSA) is 84.9 Å². The summed E-state index contributed by atoms with van der Waals surface area (Å²) in [5.74, 6) is 0.0234. The van der Waals surface area contributed by atoms with Crippen LogP contribution in [0.1, 0.15) is 29.3 Å². The first-order chi connectivity index (χ1) is 14.0. The molecule has 0 atom stereocenters. The van der Waals surface area contributed by atoms with Gasteiger partial charge in [-0.05, 0) is 42.3 Å². The normalized spacial score (nSPS) is 10.2. The molecule has 2 aromatic carbocycles. The molecule has 0 unspecified atom stereocenters. The molecule has 0 saturated carbocycles. The van der Waals surface area contributed by atoms with E-state index in [-0.39, 0.29) is 24.8 Å². The van der Waals surface area contributed by atoms with Crippen LogP contribution in [0.15, 0.2) is 48.5 Å². The number of esters is 1. The van der Waals surface area contributed by atoms with Gasteiger partial charge in [-0.1, -0.05) is 18.2 Å². The van der Waals surface area contributed by atoms with E-state index >= 15 is 0 Å². The van der Waals surface area contributed by atoms with Crippen molar-refractivity contribution < 1.29 is 23.9 Å². The van der Waals surface area contributed by atoms with Crippen LogP contribution < -0.4 is 15.0 Å². The Morgan fingerprint density at radius 2 is 1.69 bits per heavy atom. The third kappa shape index (κ3) is 6.34. The number of ether oxygens (including phenoxy) is 2. The van der Waals surface area contributed by atoms with E-state index in [1.54, 1.807) is 31.4 Å². The molecule has 0 saturated heterocycles. The van der Waals surface area contributed by atoms with E-state index in [4.69, 9.17) is 4.74 Å². The Morgan fingerprint density at radius 1 is 1.00 bits per heavy atom. The minimum Gasteiger partial charge on any atom is -0.496 e. The summed E-state index contributed by atoms with van der Waals surface area (Å²) in [6.45, 7) is 2.16. The molecule has 0 spiro atoms. The van der Waals surface area contributed by atoms with Crippen molar-refractivity contribution in [2.24, 2.45) is 0 Å². The molecular weight excluding hydrogens is 372 g/mol. The van der Waals surface area contributed by atoms with Gasteiger partial charge in [0.05, 0.1) is 19.8 Å². The molecule has 0 aromatic heterocycles. The Kier molecular flexibility index (Phi) is 8.21. The summed E-state index contributed by atoms with van der Waals surface area (Å²) in [6, 6.07) is 14.2. The van der Waals surface area contributed by atoms with Crippen molar-refractivity contribution in [2.45, 2.75) is 19.8 Å². The maximum atomic E-state index is 12.2. The van der Waals surface area contributed by atoms with Crippen LogP contribution in [-0.2, 0) is 20.7 Å². The third-order valence-corrected chi connectivity index (χ3v) is 4.45. The van der Waals surface area contributed by atoms with E-state index in [1.165, 1.54) is 18.9 Å². The van der Waals surface area contributed by atoms with Crippen LogP contribution in [0.2, 0.25) is 0 Å². The van der Waals surface area contributed by atoms with Gasteiger partial charge in [-0.3, -0.25) is 9.59 Å². The van der Waals surface area contributed by atoms with Crippen molar-refractivity contribution in [1.29, 1.82) is 0 Å². The fourth-order valence-electron chi connectivity index (χ4n) is 2.91. The van der Waals surface area contributed by atoms with Gasteiger partial charge in [-0.25, -0.2) is 4.79 Å². The van der Waals surface area contributed by atoms with Crippen molar-refractivity contribution in [2.75, 3.05) is 32.2 Å². The molecule has 0 aliphatic rings. The summed E-state index contributed by atoms with van der Waals surface area (Å²) in [4.78, 5) is 37.2. The minimum absolute atomic E-state index is 0.141. The molecule has 0 bridgehead atoms. The van der Waals surface area contributed by atoms with Crippen LogP contribution in [0.4, 0.5) is 5.69 Å². The van der Waals surface area contributed by atoms with Crippen LogP contribution in [0.25, 0.3) is 0 Å². The second-order valence-corrected chi connectivity index (χ2v) is 6.37. The summed E-state index contributed by atoms with van der Waals surface area (Å²) >= 11 is 0. The number of methoxy groups -OCH3 is 2. The lowest BCUT2D eigenvalue weighted by molar-refractivity contribution is -0.121. The maximum Gasteiger partial charge on any atom is 0.337 e. The van der Waals surface area contributed by atoms with Gasteiger partial charge in [-0.2, -0.15) is 0 Å². The lowest BCUT2D eigenvalue weighted by atomic mass is 10.1. The zero-order chi connectivity index (χ0) is 21.2. The molecule has 0 fully saturated rings. The van der Waals surface area contributed by atoms with Crippen molar-refractivity contribution in [1.82, 2.24) is 5.32 Å². The fourth-order valence-corrected chi connectivity index (χ4v) is 2.91. The van der Waals surface area contributed by atoms with Gasteiger partial charge in [0.2, 0.25) is 11.8 Å². The number of nitrogens with one attached hydrogen (secondary N) is 1. The summed E-state index contributed by atoms with van der Waals surface area (Å²) in [5, 5.41) is 2.87. The van der Waals surface area contributed by atoms with E-state index < -0.39 is 5.97 Å². The van der Waals surface area contributed by atoms with Gasteiger partial charge < -0.3 is 19.7 Å². The third-order valence-electron chi connectivity index (χ3n) is 4.45. The minimum atomic E-state index is -0.444. The molecule has 2 rings (SSSR count). The zero-order valence-corrected chi connectivity index (χ0v) is 16.9. The number of carbonyl (C=O) groups excluding carboxylic acids is 3. The Labute approximate surface area is 170 Å². The lowest BCUT2D eigenvalue weighted by Gasteiger charge is -2.21. The number of nitrogens with zero attached hydrogens (tertiary/aromatic N) is 1. The summed E-state index contributed by atoms with van der Waals surface area (Å²) < 4.78 is 9.97. The fraction of sp³-hybridized carbons (Fsp3) is 0.318. The molecular formula is C22H26N2O5. The standard InChI is InChI=1S/C22H26N2O5/c1-16(25)24(19-10-8-18(9-11-19)22(27)29-3)15-13-21(26)23-14-12-17-6-4-5-7-20(17)28-2/h4-11H,12-15H2,1-3H3,(H,23,26). The molecule has 0 radical (unpaired) electrons. The van der Waals surface area contributed by atoms with Crippen molar-refractivity contribution in [3.8, 4) is 5.75 Å². The number of hydrogen-bond acceptors (Lipinski definition) is 5. The largest absolute Gasteiger partial charge is 0.496 e. The first-order valence-corrected chi connectivity index (χ1v) is 9.31. The van der Waals surface area contributed by atoms with E-state index in [9.17, 15) is 14.4 Å². The van der Waals surface area contributed by atoms with Gasteiger partial charge in [0.1, 0.15) is 5.75 Å². The number of para-hydroxylation sites is 1. The molecule has 7 nitrogen and oxygen atoms in total. The second-order valence-electron chi connectivity index (χ2n) is 6.37. The number of rotatable bonds is 9. The first kappa shape index (κ1) is 21.9. The Balaban J connectivity index is 1.87. The quantitative estimate of drug-likeness (QED) is 0.657.